The smallest absolute Gasteiger partial charge is 0.322 e. The molecule has 0 saturated carbocycles. The first kappa shape index (κ1) is 11.3. The number of hydrogen-bond acceptors (Lipinski definition) is 3. The van der Waals surface area contributed by atoms with Gasteiger partial charge in [0.25, 0.3) is 0 Å². The molecule has 1 heterocycles. The van der Waals surface area contributed by atoms with Crippen molar-refractivity contribution in [3.63, 3.8) is 0 Å². The van der Waals surface area contributed by atoms with Crippen molar-refractivity contribution in [3.8, 4) is 0 Å². The van der Waals surface area contributed by atoms with Crippen LogP contribution in [0.3, 0.4) is 0 Å². The normalized spacial score (nSPS) is 14.3. The number of fused-ring (bicyclic) bond motifs is 1. The first-order chi connectivity index (χ1) is 7.38. The van der Waals surface area contributed by atoms with Crippen molar-refractivity contribution in [3.05, 3.63) is 28.8 Å². The van der Waals surface area contributed by atoms with Crippen molar-refractivity contribution in [1.29, 1.82) is 0 Å². The predicted molar refractivity (Wildman–Crippen MR) is 57.2 cm³/mol. The summed E-state index contributed by atoms with van der Waals surface area (Å²) in [5.41, 5.74) is 5.53. The predicted octanol–water partition coefficient (Wildman–Crippen LogP) is 3.33. The zero-order chi connectivity index (χ0) is 11.9. The van der Waals surface area contributed by atoms with Gasteiger partial charge in [-0.2, -0.15) is 13.2 Å². The molecule has 0 bridgehead atoms. The van der Waals surface area contributed by atoms with Crippen LogP contribution in [0.4, 0.5) is 13.2 Å². The third-order valence-electron chi connectivity index (χ3n) is 2.12. The molecule has 1 atom stereocenters. The Labute approximate surface area is 93.9 Å². The maximum absolute atomic E-state index is 12.4. The molecule has 86 valence electrons. The highest BCUT2D eigenvalue weighted by Gasteiger charge is 2.30. The molecule has 2 nitrogen and oxygen atoms in total. The maximum atomic E-state index is 12.4. The van der Waals surface area contributed by atoms with E-state index in [0.29, 0.717) is 15.2 Å². The van der Waals surface area contributed by atoms with E-state index >= 15 is 0 Å². The fourth-order valence-electron chi connectivity index (χ4n) is 1.31. The molecule has 1 aromatic heterocycles. The lowest BCUT2D eigenvalue weighted by Crippen LogP contribution is -2.03. The molecule has 2 aromatic rings. The molecule has 0 radical (unpaired) electrons. The zero-order valence-electron chi connectivity index (χ0n) is 8.38. The van der Waals surface area contributed by atoms with E-state index in [1.807, 2.05) is 0 Å². The summed E-state index contributed by atoms with van der Waals surface area (Å²) in [6.45, 7) is 1.75. The van der Waals surface area contributed by atoms with Gasteiger partial charge in [-0.3, -0.25) is 0 Å². The Morgan fingerprint density at radius 1 is 1.38 bits per heavy atom. The molecule has 2 N–H and O–H groups in total. The second kappa shape index (κ2) is 3.71. The van der Waals surface area contributed by atoms with Gasteiger partial charge >= 0.3 is 6.18 Å². The molecule has 0 aliphatic rings. The van der Waals surface area contributed by atoms with E-state index in [4.69, 9.17) is 5.73 Å². The standard InChI is InChI=1S/C10H9F3N2S/c1-5(14)9-15-7-3-2-6(10(11,12)13)4-8(7)16-9/h2-5H,14H2,1H3. The monoisotopic (exact) mass is 246 g/mol. The van der Waals surface area contributed by atoms with Crippen LogP contribution < -0.4 is 5.73 Å². The van der Waals surface area contributed by atoms with Crippen LogP contribution in [0.15, 0.2) is 18.2 Å². The largest absolute Gasteiger partial charge is 0.416 e. The molecule has 6 heteroatoms. The van der Waals surface area contributed by atoms with Crippen molar-refractivity contribution >= 4 is 21.6 Å². The molecule has 0 spiro atoms. The van der Waals surface area contributed by atoms with Crippen LogP contribution >= 0.6 is 11.3 Å². The van der Waals surface area contributed by atoms with Gasteiger partial charge in [-0.25, -0.2) is 4.98 Å². The summed E-state index contributed by atoms with van der Waals surface area (Å²) < 4.78 is 37.8. The van der Waals surface area contributed by atoms with Gasteiger partial charge in [0.1, 0.15) is 5.01 Å². The number of alkyl halides is 3. The topological polar surface area (TPSA) is 38.9 Å². The summed E-state index contributed by atoms with van der Waals surface area (Å²) in [5.74, 6) is 0. The molecule has 0 fully saturated rings. The van der Waals surface area contributed by atoms with E-state index in [1.54, 1.807) is 6.92 Å². The van der Waals surface area contributed by atoms with Gasteiger partial charge in [-0.15, -0.1) is 11.3 Å². The van der Waals surface area contributed by atoms with Gasteiger partial charge in [0.05, 0.1) is 21.8 Å². The Morgan fingerprint density at radius 2 is 2.06 bits per heavy atom. The highest BCUT2D eigenvalue weighted by Crippen LogP contribution is 2.33. The minimum atomic E-state index is -4.31. The van der Waals surface area contributed by atoms with E-state index < -0.39 is 11.7 Å². The Morgan fingerprint density at radius 3 is 2.62 bits per heavy atom. The number of thiazole rings is 1. The lowest BCUT2D eigenvalue weighted by atomic mass is 10.2. The molecule has 0 aliphatic carbocycles. The van der Waals surface area contributed by atoms with Crippen LogP contribution in [0.1, 0.15) is 23.5 Å². The van der Waals surface area contributed by atoms with Crippen LogP contribution in [0.25, 0.3) is 10.2 Å². The van der Waals surface area contributed by atoms with Gasteiger partial charge in [0.15, 0.2) is 0 Å². The van der Waals surface area contributed by atoms with Crippen LogP contribution in [-0.2, 0) is 6.18 Å². The average molecular weight is 246 g/mol. The molecule has 0 saturated heterocycles. The minimum Gasteiger partial charge on any atom is -0.322 e. The Hall–Kier alpha value is -1.14. The van der Waals surface area contributed by atoms with Crippen molar-refractivity contribution in [2.24, 2.45) is 5.73 Å². The summed E-state index contributed by atoms with van der Waals surface area (Å²) in [6, 6.07) is 3.26. The number of nitrogens with two attached hydrogens (primary N) is 1. The van der Waals surface area contributed by atoms with E-state index in [1.165, 1.54) is 17.4 Å². The number of aromatic nitrogens is 1. The molecule has 0 aliphatic heterocycles. The zero-order valence-corrected chi connectivity index (χ0v) is 9.19. The molecular weight excluding hydrogens is 237 g/mol. The van der Waals surface area contributed by atoms with E-state index in [9.17, 15) is 13.2 Å². The number of benzene rings is 1. The summed E-state index contributed by atoms with van der Waals surface area (Å²) >= 11 is 1.20. The Kier molecular flexibility index (Phi) is 2.63. The fourth-order valence-corrected chi connectivity index (χ4v) is 2.27. The summed E-state index contributed by atoms with van der Waals surface area (Å²) in [4.78, 5) is 4.16. The van der Waals surface area contributed by atoms with Gasteiger partial charge in [-0.05, 0) is 25.1 Å². The van der Waals surface area contributed by atoms with Gasteiger partial charge in [0.2, 0.25) is 0 Å². The quantitative estimate of drug-likeness (QED) is 0.838. The minimum absolute atomic E-state index is 0.258. The van der Waals surface area contributed by atoms with Crippen LogP contribution in [-0.4, -0.2) is 4.98 Å². The van der Waals surface area contributed by atoms with Crippen LogP contribution in [0.2, 0.25) is 0 Å². The lowest BCUT2D eigenvalue weighted by Gasteiger charge is -2.04. The van der Waals surface area contributed by atoms with Crippen LogP contribution in [0, 0.1) is 0 Å². The summed E-state index contributed by atoms with van der Waals surface area (Å²) in [6.07, 6.45) is -4.31. The maximum Gasteiger partial charge on any atom is 0.416 e. The number of nitrogens with zero attached hydrogens (tertiary/aromatic N) is 1. The van der Waals surface area contributed by atoms with Crippen molar-refractivity contribution in [2.45, 2.75) is 19.1 Å². The first-order valence-corrected chi connectivity index (χ1v) is 5.43. The number of rotatable bonds is 1. The Balaban J connectivity index is 2.54. The summed E-state index contributed by atoms with van der Waals surface area (Å²) in [7, 11) is 0. The van der Waals surface area contributed by atoms with E-state index in [2.05, 4.69) is 4.98 Å². The molecule has 1 aromatic carbocycles. The second-order valence-electron chi connectivity index (χ2n) is 3.52. The highest BCUT2D eigenvalue weighted by molar-refractivity contribution is 7.18. The molecule has 2 rings (SSSR count). The molecule has 16 heavy (non-hydrogen) atoms. The average Bonchev–Trinajstić information content (AvgIpc) is 2.58. The molecule has 1 unspecified atom stereocenters. The SMILES string of the molecule is CC(N)c1nc2ccc(C(F)(F)F)cc2s1. The third-order valence-corrected chi connectivity index (χ3v) is 3.34. The van der Waals surface area contributed by atoms with Crippen molar-refractivity contribution in [1.82, 2.24) is 4.98 Å². The van der Waals surface area contributed by atoms with Crippen molar-refractivity contribution < 1.29 is 13.2 Å². The van der Waals surface area contributed by atoms with E-state index in [-0.39, 0.29) is 6.04 Å². The second-order valence-corrected chi connectivity index (χ2v) is 4.58. The number of hydrogen-bond donors (Lipinski definition) is 1. The third kappa shape index (κ3) is 2.03. The lowest BCUT2D eigenvalue weighted by molar-refractivity contribution is -0.137. The number of halogens is 3. The van der Waals surface area contributed by atoms with E-state index in [0.717, 1.165) is 12.1 Å². The van der Waals surface area contributed by atoms with Gasteiger partial charge in [0, 0.05) is 0 Å². The summed E-state index contributed by atoms with van der Waals surface area (Å²) in [5, 5.41) is 0.648. The van der Waals surface area contributed by atoms with Gasteiger partial charge < -0.3 is 5.73 Å². The Bertz CT molecular complexity index is 516. The molecular formula is C10H9F3N2S. The highest BCUT2D eigenvalue weighted by atomic mass is 32.1. The molecule has 0 amide bonds. The first-order valence-electron chi connectivity index (χ1n) is 4.61. The van der Waals surface area contributed by atoms with Crippen molar-refractivity contribution in [2.75, 3.05) is 0 Å². The van der Waals surface area contributed by atoms with Gasteiger partial charge in [-0.1, -0.05) is 0 Å². The fraction of sp³-hybridized carbons (Fsp3) is 0.300. The van der Waals surface area contributed by atoms with Crippen LogP contribution in [0.5, 0.6) is 0 Å².